The number of thiocarbonyl (C=S) groups is 1. The van der Waals surface area contributed by atoms with E-state index in [1.165, 1.54) is 0 Å². The number of thioether (sulfide) groups is 1. The van der Waals surface area contributed by atoms with Gasteiger partial charge in [0.2, 0.25) is 11.8 Å². The Bertz CT molecular complexity index is 495. The lowest BCUT2D eigenvalue weighted by atomic mass is 9.84. The molecule has 2 aliphatic heterocycles. The Balaban J connectivity index is 2.26. The zero-order valence-electron chi connectivity index (χ0n) is 13.2. The highest BCUT2D eigenvalue weighted by Crippen LogP contribution is 2.45. The highest BCUT2D eigenvalue weighted by Gasteiger charge is 2.53. The van der Waals surface area contributed by atoms with Crippen LogP contribution in [0.1, 0.15) is 33.6 Å². The summed E-state index contributed by atoms with van der Waals surface area (Å²) in [6.07, 6.45) is 1.43. The quantitative estimate of drug-likeness (QED) is 0.632. The predicted molar refractivity (Wildman–Crippen MR) is 92.3 cm³/mol. The van der Waals surface area contributed by atoms with Gasteiger partial charge in [0.25, 0.3) is 0 Å². The summed E-state index contributed by atoms with van der Waals surface area (Å²) in [5, 5.41) is 3.05. The molecule has 0 aromatic carbocycles. The fourth-order valence-corrected chi connectivity index (χ4v) is 4.92. The van der Waals surface area contributed by atoms with Gasteiger partial charge >= 0.3 is 0 Å². The van der Waals surface area contributed by atoms with Crippen LogP contribution >= 0.6 is 24.0 Å². The van der Waals surface area contributed by atoms with E-state index in [4.69, 9.17) is 23.7 Å². The Morgan fingerprint density at radius 2 is 2.18 bits per heavy atom. The average molecular weight is 345 g/mol. The first-order valence-electron chi connectivity index (χ1n) is 7.44. The standard InChI is InChI=1S/C14H24N4O2S2/c1-7(15)12(21)17-8-4-5-22-9-6-14(2,3)10(11(16)19)18(9)13(8)20/h7-10H,4-6,15H2,1-3H3,(H2,16,19)(H,17,21)/t7-,8-,9-,10+/m0/s1. The van der Waals surface area contributed by atoms with Crippen molar-refractivity contribution in [3.8, 4) is 0 Å². The largest absolute Gasteiger partial charge is 0.368 e. The van der Waals surface area contributed by atoms with Gasteiger partial charge in [0, 0.05) is 0 Å². The summed E-state index contributed by atoms with van der Waals surface area (Å²) in [6.45, 7) is 5.75. The van der Waals surface area contributed by atoms with Crippen molar-refractivity contribution in [3.63, 3.8) is 0 Å². The molecule has 2 aliphatic rings. The number of amides is 2. The van der Waals surface area contributed by atoms with Gasteiger partial charge in [0.15, 0.2) is 0 Å². The van der Waals surface area contributed by atoms with Crippen LogP contribution in [0.25, 0.3) is 0 Å². The number of nitrogens with two attached hydrogens (primary N) is 2. The Morgan fingerprint density at radius 1 is 1.55 bits per heavy atom. The molecule has 2 saturated heterocycles. The van der Waals surface area contributed by atoms with Gasteiger partial charge < -0.3 is 21.7 Å². The molecule has 8 heteroatoms. The van der Waals surface area contributed by atoms with Crippen LogP contribution in [0, 0.1) is 5.41 Å². The van der Waals surface area contributed by atoms with E-state index < -0.39 is 18.0 Å². The first-order chi connectivity index (χ1) is 10.1. The number of primary amides is 1. The number of hydrogen-bond donors (Lipinski definition) is 3. The molecule has 0 spiro atoms. The van der Waals surface area contributed by atoms with Gasteiger partial charge in [-0.1, -0.05) is 26.1 Å². The molecule has 4 atom stereocenters. The highest BCUT2D eigenvalue weighted by molar-refractivity contribution is 7.99. The van der Waals surface area contributed by atoms with Gasteiger partial charge in [-0.2, -0.15) is 0 Å². The lowest BCUT2D eigenvalue weighted by Gasteiger charge is -2.33. The molecule has 22 heavy (non-hydrogen) atoms. The summed E-state index contributed by atoms with van der Waals surface area (Å²) in [6, 6.07) is -1.33. The molecule has 2 heterocycles. The minimum absolute atomic E-state index is 0.00401. The summed E-state index contributed by atoms with van der Waals surface area (Å²) in [5.41, 5.74) is 11.0. The Morgan fingerprint density at radius 3 is 2.73 bits per heavy atom. The predicted octanol–water partition coefficient (Wildman–Crippen LogP) is 0.195. The van der Waals surface area contributed by atoms with Crippen LogP contribution in [0.5, 0.6) is 0 Å². The molecule has 0 aromatic rings. The summed E-state index contributed by atoms with van der Waals surface area (Å²) >= 11 is 6.90. The first kappa shape index (κ1) is 17.5. The minimum atomic E-state index is -0.580. The van der Waals surface area contributed by atoms with E-state index in [1.807, 2.05) is 13.8 Å². The monoisotopic (exact) mass is 344 g/mol. The van der Waals surface area contributed by atoms with Crippen LogP contribution in [0.2, 0.25) is 0 Å². The molecule has 0 aliphatic carbocycles. The van der Waals surface area contributed by atoms with Crippen molar-refractivity contribution in [2.45, 2.75) is 57.1 Å². The molecule has 0 bridgehead atoms. The number of hydrogen-bond acceptors (Lipinski definition) is 5. The molecule has 6 nitrogen and oxygen atoms in total. The van der Waals surface area contributed by atoms with Gasteiger partial charge in [-0.25, -0.2) is 0 Å². The van der Waals surface area contributed by atoms with Gasteiger partial charge in [-0.3, -0.25) is 9.59 Å². The van der Waals surface area contributed by atoms with Gasteiger partial charge in [-0.05, 0) is 30.9 Å². The van der Waals surface area contributed by atoms with Gasteiger partial charge in [0.1, 0.15) is 12.1 Å². The summed E-state index contributed by atoms with van der Waals surface area (Å²) in [4.78, 5) is 27.0. The normalized spacial score (nSPS) is 32.1. The van der Waals surface area contributed by atoms with Gasteiger partial charge in [0.05, 0.1) is 16.4 Å². The van der Waals surface area contributed by atoms with Crippen LogP contribution in [0.4, 0.5) is 0 Å². The highest BCUT2D eigenvalue weighted by atomic mass is 32.2. The average Bonchev–Trinajstić information content (AvgIpc) is 2.59. The lowest BCUT2D eigenvalue weighted by molar-refractivity contribution is -0.141. The molecule has 0 saturated carbocycles. The van der Waals surface area contributed by atoms with Crippen molar-refractivity contribution in [3.05, 3.63) is 0 Å². The second-order valence-electron chi connectivity index (χ2n) is 6.71. The summed E-state index contributed by atoms with van der Waals surface area (Å²) < 4.78 is 0. The molecule has 2 rings (SSSR count). The molecular weight excluding hydrogens is 320 g/mol. The number of rotatable bonds is 3. The lowest BCUT2D eigenvalue weighted by Crippen LogP contribution is -2.56. The second kappa shape index (κ2) is 6.33. The van der Waals surface area contributed by atoms with Crippen LogP contribution in [-0.4, -0.2) is 51.0 Å². The second-order valence-corrected chi connectivity index (χ2v) is 8.43. The van der Waals surface area contributed by atoms with E-state index in [-0.39, 0.29) is 22.7 Å². The Labute approximate surface area is 140 Å². The summed E-state index contributed by atoms with van der Waals surface area (Å²) in [5.74, 6) is 0.275. The number of fused-ring (bicyclic) bond motifs is 1. The first-order valence-corrected chi connectivity index (χ1v) is 8.90. The molecule has 5 N–H and O–H groups in total. The summed E-state index contributed by atoms with van der Waals surface area (Å²) in [7, 11) is 0. The van der Waals surface area contributed by atoms with Crippen molar-refractivity contribution in [1.29, 1.82) is 0 Å². The van der Waals surface area contributed by atoms with Crippen molar-refractivity contribution in [1.82, 2.24) is 10.2 Å². The third-order valence-electron chi connectivity index (χ3n) is 4.30. The van der Waals surface area contributed by atoms with Crippen LogP contribution < -0.4 is 16.8 Å². The van der Waals surface area contributed by atoms with E-state index in [0.717, 1.165) is 12.2 Å². The Kier molecular flexibility index (Phi) is 5.03. The van der Waals surface area contributed by atoms with E-state index >= 15 is 0 Å². The zero-order chi connectivity index (χ0) is 16.7. The van der Waals surface area contributed by atoms with E-state index in [1.54, 1.807) is 23.6 Å². The van der Waals surface area contributed by atoms with Crippen molar-refractivity contribution in [2.24, 2.45) is 16.9 Å². The Hall–Kier alpha value is -0.860. The van der Waals surface area contributed by atoms with E-state index in [9.17, 15) is 9.59 Å². The molecule has 0 unspecified atom stereocenters. The van der Waals surface area contributed by atoms with E-state index in [0.29, 0.717) is 11.4 Å². The molecule has 2 fully saturated rings. The molecule has 124 valence electrons. The molecule has 2 amide bonds. The minimum Gasteiger partial charge on any atom is -0.368 e. The topological polar surface area (TPSA) is 101 Å². The number of nitrogens with one attached hydrogen (secondary N) is 1. The molecular formula is C14H24N4O2S2. The van der Waals surface area contributed by atoms with Crippen molar-refractivity contribution >= 4 is 40.8 Å². The number of carbonyl (C=O) groups excluding carboxylic acids is 2. The number of carbonyl (C=O) groups is 2. The molecule has 0 radical (unpaired) electrons. The maximum Gasteiger partial charge on any atom is 0.246 e. The van der Waals surface area contributed by atoms with Crippen LogP contribution in [0.15, 0.2) is 0 Å². The third-order valence-corrected chi connectivity index (χ3v) is 6.04. The fraction of sp³-hybridized carbons (Fsp3) is 0.786. The SMILES string of the molecule is C[C@H](N)C(=S)N[C@H]1CCS[C@H]2CC(C)(C)[C@@H](C(N)=O)N2C1=O. The number of nitrogens with zero attached hydrogens (tertiary/aromatic N) is 1. The maximum atomic E-state index is 12.9. The maximum absolute atomic E-state index is 12.9. The third kappa shape index (κ3) is 3.23. The van der Waals surface area contributed by atoms with E-state index in [2.05, 4.69) is 5.32 Å². The smallest absolute Gasteiger partial charge is 0.246 e. The fourth-order valence-electron chi connectivity index (χ4n) is 3.20. The molecule has 0 aromatic heterocycles. The van der Waals surface area contributed by atoms with Crippen molar-refractivity contribution in [2.75, 3.05) is 5.75 Å². The van der Waals surface area contributed by atoms with Crippen LogP contribution in [-0.2, 0) is 9.59 Å². The van der Waals surface area contributed by atoms with Crippen molar-refractivity contribution < 1.29 is 9.59 Å². The van der Waals surface area contributed by atoms with Gasteiger partial charge in [-0.15, -0.1) is 11.8 Å². The van der Waals surface area contributed by atoms with Crippen LogP contribution in [0.3, 0.4) is 0 Å². The zero-order valence-corrected chi connectivity index (χ0v) is 14.8.